The van der Waals surface area contributed by atoms with Gasteiger partial charge in [-0.1, -0.05) is 61.0 Å². The summed E-state index contributed by atoms with van der Waals surface area (Å²) in [5.74, 6) is -0.905. The van der Waals surface area contributed by atoms with E-state index >= 15 is 0 Å². The van der Waals surface area contributed by atoms with E-state index < -0.39 is 5.92 Å². The molecule has 0 N–H and O–H groups in total. The molecule has 3 rings (SSSR count). The maximum Gasteiger partial charge on any atom is 0.144 e. The zero-order chi connectivity index (χ0) is 16.4. The summed E-state index contributed by atoms with van der Waals surface area (Å²) in [5.41, 5.74) is 6.71. The molecule has 2 nitrogen and oxygen atoms in total. The third-order valence-corrected chi connectivity index (χ3v) is 4.53. The Bertz CT molecular complexity index is 848. The predicted octanol–water partition coefficient (Wildman–Crippen LogP) is 4.84. The molecule has 0 aliphatic heterocycles. The number of rotatable bonds is 2. The second-order valence-electron chi connectivity index (χ2n) is 6.00. The lowest BCUT2D eigenvalue weighted by molar-refractivity contribution is 0.706. The standard InChI is InChI=1S/C21H18N2/c1-3-15-5-7-17-9-8-16-6-4-14(2)10-19(16)21(20(17)11-15)18(12-22)13-23/h4-11,18,21H,3H2,1-2H3. The van der Waals surface area contributed by atoms with Crippen LogP contribution in [0.4, 0.5) is 0 Å². The smallest absolute Gasteiger partial charge is 0.144 e. The molecule has 1 unspecified atom stereocenters. The topological polar surface area (TPSA) is 47.6 Å². The van der Waals surface area contributed by atoms with Crippen LogP contribution in [0.5, 0.6) is 0 Å². The highest BCUT2D eigenvalue weighted by Crippen LogP contribution is 2.40. The fraction of sp³-hybridized carbons (Fsp3) is 0.238. The van der Waals surface area contributed by atoms with Crippen LogP contribution in [0, 0.1) is 35.5 Å². The van der Waals surface area contributed by atoms with E-state index in [1.807, 2.05) is 6.92 Å². The first-order valence-corrected chi connectivity index (χ1v) is 7.88. The van der Waals surface area contributed by atoms with Crippen LogP contribution in [0.2, 0.25) is 0 Å². The zero-order valence-corrected chi connectivity index (χ0v) is 13.4. The van der Waals surface area contributed by atoms with E-state index in [0.717, 1.165) is 34.2 Å². The van der Waals surface area contributed by atoms with Crippen LogP contribution in [0.15, 0.2) is 36.4 Å². The fourth-order valence-corrected chi connectivity index (χ4v) is 3.26. The number of nitriles is 2. The van der Waals surface area contributed by atoms with Gasteiger partial charge >= 0.3 is 0 Å². The van der Waals surface area contributed by atoms with Gasteiger partial charge in [-0.2, -0.15) is 10.5 Å². The van der Waals surface area contributed by atoms with Crippen molar-refractivity contribution in [3.8, 4) is 12.1 Å². The van der Waals surface area contributed by atoms with Gasteiger partial charge in [-0.25, -0.2) is 0 Å². The van der Waals surface area contributed by atoms with E-state index in [1.165, 1.54) is 5.56 Å². The number of hydrogen-bond donors (Lipinski definition) is 0. The van der Waals surface area contributed by atoms with Crippen molar-refractivity contribution in [2.75, 3.05) is 0 Å². The lowest BCUT2D eigenvalue weighted by Gasteiger charge is -2.22. The number of nitrogens with zero attached hydrogens (tertiary/aromatic N) is 2. The number of aryl methyl sites for hydroxylation is 2. The van der Waals surface area contributed by atoms with E-state index in [-0.39, 0.29) is 5.92 Å². The van der Waals surface area contributed by atoms with E-state index in [2.05, 4.69) is 67.6 Å². The van der Waals surface area contributed by atoms with Crippen molar-refractivity contribution in [1.82, 2.24) is 0 Å². The summed E-state index contributed by atoms with van der Waals surface area (Å²) in [6.07, 6.45) is 5.12. The van der Waals surface area contributed by atoms with Gasteiger partial charge in [0, 0.05) is 5.92 Å². The van der Waals surface area contributed by atoms with Gasteiger partial charge < -0.3 is 0 Å². The van der Waals surface area contributed by atoms with Crippen molar-refractivity contribution in [3.05, 3.63) is 69.8 Å². The molecule has 0 aromatic heterocycles. The summed E-state index contributed by atoms with van der Waals surface area (Å²) < 4.78 is 0. The Morgan fingerprint density at radius 2 is 1.57 bits per heavy atom. The Hall–Kier alpha value is -2.84. The van der Waals surface area contributed by atoms with Crippen LogP contribution >= 0.6 is 0 Å². The molecule has 0 spiro atoms. The van der Waals surface area contributed by atoms with Gasteiger partial charge in [0.2, 0.25) is 0 Å². The number of fused-ring (bicyclic) bond motifs is 2. The predicted molar refractivity (Wildman–Crippen MR) is 92.5 cm³/mol. The van der Waals surface area contributed by atoms with Crippen molar-refractivity contribution in [2.45, 2.75) is 26.2 Å². The SMILES string of the molecule is CCc1ccc2c(c1)C(C(C#N)C#N)c1cc(C)ccc1C=C2. The summed E-state index contributed by atoms with van der Waals surface area (Å²) in [5, 5.41) is 19.0. The van der Waals surface area contributed by atoms with Gasteiger partial charge in [-0.3, -0.25) is 0 Å². The second kappa shape index (κ2) is 6.11. The molecular formula is C21H18N2. The summed E-state index contributed by atoms with van der Waals surface area (Å²) in [6, 6.07) is 17.0. The van der Waals surface area contributed by atoms with Crippen molar-refractivity contribution in [1.29, 1.82) is 10.5 Å². The third-order valence-electron chi connectivity index (χ3n) is 4.53. The molecular weight excluding hydrogens is 280 g/mol. The molecule has 0 radical (unpaired) electrons. The minimum absolute atomic E-state index is 0.212. The largest absolute Gasteiger partial charge is 0.197 e. The molecule has 2 heteroatoms. The normalized spacial score (nSPS) is 15.3. The minimum Gasteiger partial charge on any atom is -0.197 e. The van der Waals surface area contributed by atoms with Gasteiger partial charge in [-0.05, 0) is 41.2 Å². The molecule has 112 valence electrons. The maximum atomic E-state index is 9.52. The van der Waals surface area contributed by atoms with E-state index in [4.69, 9.17) is 0 Å². The Balaban J connectivity index is 2.31. The monoisotopic (exact) mass is 298 g/mol. The molecule has 0 bridgehead atoms. The second-order valence-corrected chi connectivity index (χ2v) is 6.00. The molecule has 23 heavy (non-hydrogen) atoms. The van der Waals surface area contributed by atoms with Gasteiger partial charge in [0.05, 0.1) is 12.1 Å². The van der Waals surface area contributed by atoms with E-state index in [0.29, 0.717) is 0 Å². The van der Waals surface area contributed by atoms with Gasteiger partial charge in [-0.15, -0.1) is 0 Å². The Kier molecular flexibility index (Phi) is 4.00. The minimum atomic E-state index is -0.693. The third kappa shape index (κ3) is 2.65. The lowest BCUT2D eigenvalue weighted by atomic mass is 9.78. The quantitative estimate of drug-likeness (QED) is 0.796. The molecule has 1 atom stereocenters. The first kappa shape index (κ1) is 15.1. The lowest BCUT2D eigenvalue weighted by Crippen LogP contribution is -2.14. The van der Waals surface area contributed by atoms with Gasteiger partial charge in [0.25, 0.3) is 0 Å². The van der Waals surface area contributed by atoms with E-state index in [1.54, 1.807) is 0 Å². The molecule has 0 fully saturated rings. The highest BCUT2D eigenvalue weighted by atomic mass is 14.4. The Morgan fingerprint density at radius 1 is 0.957 bits per heavy atom. The molecule has 0 heterocycles. The summed E-state index contributed by atoms with van der Waals surface area (Å²) >= 11 is 0. The zero-order valence-electron chi connectivity index (χ0n) is 13.4. The first-order valence-electron chi connectivity index (χ1n) is 7.88. The average Bonchev–Trinajstić information content (AvgIpc) is 2.73. The van der Waals surface area contributed by atoms with Crippen molar-refractivity contribution < 1.29 is 0 Å². The van der Waals surface area contributed by atoms with Crippen LogP contribution in [0.1, 0.15) is 46.2 Å². The van der Waals surface area contributed by atoms with Gasteiger partial charge in [0.1, 0.15) is 5.92 Å². The van der Waals surface area contributed by atoms with Crippen LogP contribution in [0.25, 0.3) is 12.2 Å². The van der Waals surface area contributed by atoms with Crippen LogP contribution < -0.4 is 0 Å². The maximum absolute atomic E-state index is 9.52. The van der Waals surface area contributed by atoms with Crippen molar-refractivity contribution >= 4 is 12.2 Å². The Morgan fingerprint density at radius 3 is 2.17 bits per heavy atom. The molecule has 2 aromatic carbocycles. The fourth-order valence-electron chi connectivity index (χ4n) is 3.26. The molecule has 0 saturated heterocycles. The van der Waals surface area contributed by atoms with Crippen LogP contribution in [-0.4, -0.2) is 0 Å². The van der Waals surface area contributed by atoms with Crippen LogP contribution in [0.3, 0.4) is 0 Å². The van der Waals surface area contributed by atoms with Crippen molar-refractivity contribution in [2.24, 2.45) is 5.92 Å². The summed E-state index contributed by atoms with van der Waals surface area (Å²) in [4.78, 5) is 0. The molecule has 0 amide bonds. The van der Waals surface area contributed by atoms with Crippen molar-refractivity contribution in [3.63, 3.8) is 0 Å². The molecule has 2 aromatic rings. The van der Waals surface area contributed by atoms with Gasteiger partial charge in [0.15, 0.2) is 0 Å². The Labute approximate surface area is 137 Å². The highest BCUT2D eigenvalue weighted by molar-refractivity contribution is 5.77. The summed E-state index contributed by atoms with van der Waals surface area (Å²) in [7, 11) is 0. The van der Waals surface area contributed by atoms with E-state index in [9.17, 15) is 10.5 Å². The summed E-state index contributed by atoms with van der Waals surface area (Å²) in [6.45, 7) is 4.16. The molecule has 1 aliphatic carbocycles. The van der Waals surface area contributed by atoms with Crippen LogP contribution in [-0.2, 0) is 6.42 Å². The number of benzene rings is 2. The highest BCUT2D eigenvalue weighted by Gasteiger charge is 2.29. The first-order chi connectivity index (χ1) is 11.2. The molecule has 1 aliphatic rings. The molecule has 0 saturated carbocycles. The average molecular weight is 298 g/mol. The number of hydrogen-bond acceptors (Lipinski definition) is 2.